The number of aryl methyl sites for hydroxylation is 1. The van der Waals surface area contributed by atoms with Crippen molar-refractivity contribution in [3.63, 3.8) is 0 Å². The fourth-order valence-electron chi connectivity index (χ4n) is 3.74. The summed E-state index contributed by atoms with van der Waals surface area (Å²) >= 11 is 0. The lowest BCUT2D eigenvalue weighted by Gasteiger charge is -2.34. The van der Waals surface area contributed by atoms with Crippen LogP contribution in [0.2, 0.25) is 0 Å². The Bertz CT molecular complexity index is 391. The zero-order valence-corrected chi connectivity index (χ0v) is 14.1. The van der Waals surface area contributed by atoms with Crippen LogP contribution >= 0.6 is 0 Å². The molecule has 2 rings (SSSR count). The van der Waals surface area contributed by atoms with Gasteiger partial charge in [0.1, 0.15) is 0 Å². The third-order valence-electron chi connectivity index (χ3n) is 5.05. The van der Waals surface area contributed by atoms with Crippen LogP contribution in [0.4, 0.5) is 0 Å². The molecule has 2 nitrogen and oxygen atoms in total. The third-order valence-corrected chi connectivity index (χ3v) is 5.05. The number of pyridine rings is 1. The van der Waals surface area contributed by atoms with Gasteiger partial charge in [-0.05, 0) is 49.8 Å². The molecule has 0 bridgehead atoms. The molecule has 1 atom stereocenters. The number of nitrogens with zero attached hydrogens (tertiary/aromatic N) is 1. The van der Waals surface area contributed by atoms with Gasteiger partial charge in [-0.1, -0.05) is 52.0 Å². The Hall–Kier alpha value is -0.890. The molecule has 1 aliphatic rings. The van der Waals surface area contributed by atoms with Crippen molar-refractivity contribution in [3.05, 3.63) is 29.6 Å². The maximum Gasteiger partial charge on any atom is 0.0372 e. The van der Waals surface area contributed by atoms with Crippen molar-refractivity contribution >= 4 is 0 Å². The van der Waals surface area contributed by atoms with Crippen LogP contribution in [0.3, 0.4) is 0 Å². The first-order chi connectivity index (χ1) is 10.2. The van der Waals surface area contributed by atoms with Crippen LogP contribution in [-0.2, 0) is 0 Å². The minimum absolute atomic E-state index is 0.496. The predicted molar refractivity (Wildman–Crippen MR) is 90.4 cm³/mol. The van der Waals surface area contributed by atoms with E-state index >= 15 is 0 Å². The average Bonchev–Trinajstić information content (AvgIpc) is 2.52. The van der Waals surface area contributed by atoms with Crippen molar-refractivity contribution in [1.82, 2.24) is 10.3 Å². The highest BCUT2D eigenvalue weighted by Crippen LogP contribution is 2.38. The molecule has 21 heavy (non-hydrogen) atoms. The van der Waals surface area contributed by atoms with Crippen molar-refractivity contribution in [2.75, 3.05) is 6.54 Å². The van der Waals surface area contributed by atoms with E-state index in [1.165, 1.54) is 50.5 Å². The van der Waals surface area contributed by atoms with Gasteiger partial charge in [0.25, 0.3) is 0 Å². The van der Waals surface area contributed by atoms with E-state index in [2.05, 4.69) is 49.4 Å². The summed E-state index contributed by atoms with van der Waals surface area (Å²) in [7, 11) is 0. The molecule has 0 saturated heterocycles. The number of hydrogen-bond acceptors (Lipinski definition) is 2. The van der Waals surface area contributed by atoms with Crippen LogP contribution in [0.15, 0.2) is 18.3 Å². The highest BCUT2D eigenvalue weighted by Gasteiger charge is 2.28. The number of unbranched alkanes of at least 4 members (excludes halogenated alkanes) is 1. The summed E-state index contributed by atoms with van der Waals surface area (Å²) in [5.41, 5.74) is 2.48. The molecular weight excluding hydrogens is 256 g/mol. The summed E-state index contributed by atoms with van der Waals surface area (Å²) in [5, 5.41) is 3.71. The Labute approximate surface area is 130 Å². The van der Waals surface area contributed by atoms with E-state index in [4.69, 9.17) is 0 Å². The molecule has 1 aromatic rings. The Balaban J connectivity index is 1.95. The molecular formula is C19H32N2. The Morgan fingerprint density at radius 1 is 1.19 bits per heavy atom. The van der Waals surface area contributed by atoms with E-state index in [0.29, 0.717) is 6.04 Å². The van der Waals surface area contributed by atoms with Crippen molar-refractivity contribution in [1.29, 1.82) is 0 Å². The van der Waals surface area contributed by atoms with Crippen molar-refractivity contribution in [2.45, 2.75) is 71.8 Å². The molecule has 1 fully saturated rings. The fourth-order valence-corrected chi connectivity index (χ4v) is 3.74. The van der Waals surface area contributed by atoms with E-state index in [-0.39, 0.29) is 0 Å². The topological polar surface area (TPSA) is 24.9 Å². The van der Waals surface area contributed by atoms with E-state index < -0.39 is 0 Å². The minimum atomic E-state index is 0.496. The fraction of sp³-hybridized carbons (Fsp3) is 0.737. The smallest absolute Gasteiger partial charge is 0.0372 e. The van der Waals surface area contributed by atoms with E-state index in [9.17, 15) is 0 Å². The van der Waals surface area contributed by atoms with Gasteiger partial charge in [-0.25, -0.2) is 0 Å². The molecule has 118 valence electrons. The predicted octanol–water partition coefficient (Wildman–Crippen LogP) is 5.04. The van der Waals surface area contributed by atoms with Crippen molar-refractivity contribution < 1.29 is 0 Å². The van der Waals surface area contributed by atoms with E-state index in [1.807, 2.05) is 0 Å². The summed E-state index contributed by atoms with van der Waals surface area (Å²) in [6.45, 7) is 7.61. The van der Waals surface area contributed by atoms with E-state index in [0.717, 1.165) is 24.1 Å². The largest absolute Gasteiger partial charge is 0.310 e. The van der Waals surface area contributed by atoms with Gasteiger partial charge in [0.2, 0.25) is 0 Å². The van der Waals surface area contributed by atoms with Crippen LogP contribution in [0.25, 0.3) is 0 Å². The standard InChI is InChI=1S/C19H32N2/c1-4-6-7-16-9-12-17(13-10-16)19(20-5-2)18-11-8-15(3)21-14-18/h8,11,14,16-17,19-20H,4-7,9-10,12-13H2,1-3H3. The third kappa shape index (κ3) is 4.81. The second kappa shape index (κ2) is 8.53. The normalized spacial score (nSPS) is 24.0. The second-order valence-electron chi connectivity index (χ2n) is 6.69. The van der Waals surface area contributed by atoms with Gasteiger partial charge in [0, 0.05) is 17.9 Å². The average molecular weight is 288 g/mol. The highest BCUT2D eigenvalue weighted by atomic mass is 14.9. The number of rotatable bonds is 7. The van der Waals surface area contributed by atoms with E-state index in [1.54, 1.807) is 0 Å². The minimum Gasteiger partial charge on any atom is -0.310 e. The molecule has 2 heteroatoms. The molecule has 1 N–H and O–H groups in total. The van der Waals surface area contributed by atoms with Crippen LogP contribution in [0.5, 0.6) is 0 Å². The van der Waals surface area contributed by atoms with Crippen LogP contribution in [0, 0.1) is 18.8 Å². The summed E-state index contributed by atoms with van der Waals surface area (Å²) in [4.78, 5) is 4.49. The van der Waals surface area contributed by atoms with Crippen LogP contribution in [0.1, 0.15) is 76.1 Å². The Morgan fingerprint density at radius 2 is 1.95 bits per heavy atom. The van der Waals surface area contributed by atoms with Gasteiger partial charge in [-0.2, -0.15) is 0 Å². The van der Waals surface area contributed by atoms with Gasteiger partial charge in [-0.15, -0.1) is 0 Å². The molecule has 1 aromatic heterocycles. The maximum atomic E-state index is 4.49. The van der Waals surface area contributed by atoms with Gasteiger partial charge < -0.3 is 5.32 Å². The zero-order chi connectivity index (χ0) is 15.1. The van der Waals surface area contributed by atoms with Gasteiger partial charge in [-0.3, -0.25) is 4.98 Å². The number of nitrogens with one attached hydrogen (secondary N) is 1. The first kappa shape index (κ1) is 16.5. The van der Waals surface area contributed by atoms with Crippen LogP contribution < -0.4 is 5.32 Å². The van der Waals surface area contributed by atoms with Gasteiger partial charge >= 0.3 is 0 Å². The molecule has 1 unspecified atom stereocenters. The summed E-state index contributed by atoms with van der Waals surface area (Å²) in [5.74, 6) is 1.77. The molecule has 0 aliphatic heterocycles. The highest BCUT2D eigenvalue weighted by molar-refractivity contribution is 5.18. The first-order valence-electron chi connectivity index (χ1n) is 8.90. The molecule has 0 amide bonds. The van der Waals surface area contributed by atoms with Gasteiger partial charge in [0.15, 0.2) is 0 Å². The monoisotopic (exact) mass is 288 g/mol. The Kier molecular flexibility index (Phi) is 6.69. The Morgan fingerprint density at radius 3 is 2.52 bits per heavy atom. The molecule has 0 aromatic carbocycles. The molecule has 1 heterocycles. The zero-order valence-electron chi connectivity index (χ0n) is 14.1. The van der Waals surface area contributed by atoms with Crippen molar-refractivity contribution in [2.24, 2.45) is 11.8 Å². The second-order valence-corrected chi connectivity index (χ2v) is 6.69. The van der Waals surface area contributed by atoms with Crippen LogP contribution in [-0.4, -0.2) is 11.5 Å². The lowest BCUT2D eigenvalue weighted by atomic mass is 9.75. The first-order valence-corrected chi connectivity index (χ1v) is 8.90. The molecule has 0 spiro atoms. The SMILES string of the molecule is CCCCC1CCC(C(NCC)c2ccc(C)nc2)CC1. The number of hydrogen-bond donors (Lipinski definition) is 1. The lowest BCUT2D eigenvalue weighted by Crippen LogP contribution is -2.31. The van der Waals surface area contributed by atoms with Crippen molar-refractivity contribution in [3.8, 4) is 0 Å². The molecule has 1 saturated carbocycles. The quantitative estimate of drug-likeness (QED) is 0.760. The number of aromatic nitrogens is 1. The molecule has 0 radical (unpaired) electrons. The lowest BCUT2D eigenvalue weighted by molar-refractivity contribution is 0.214. The summed E-state index contributed by atoms with van der Waals surface area (Å²) in [6.07, 6.45) is 11.9. The molecule has 1 aliphatic carbocycles. The van der Waals surface area contributed by atoms with Gasteiger partial charge in [0.05, 0.1) is 0 Å². The summed E-state index contributed by atoms with van der Waals surface area (Å²) < 4.78 is 0. The maximum absolute atomic E-state index is 4.49. The summed E-state index contributed by atoms with van der Waals surface area (Å²) in [6, 6.07) is 4.90.